The van der Waals surface area contributed by atoms with E-state index in [1.54, 1.807) is 12.1 Å². The van der Waals surface area contributed by atoms with E-state index in [0.717, 1.165) is 12.8 Å². The van der Waals surface area contributed by atoms with E-state index in [1.165, 1.54) is 19.1 Å². The van der Waals surface area contributed by atoms with Gasteiger partial charge in [0, 0.05) is 6.54 Å². The summed E-state index contributed by atoms with van der Waals surface area (Å²) in [6.45, 7) is 6.45. The summed E-state index contributed by atoms with van der Waals surface area (Å²) in [6, 6.07) is 5.26. The van der Waals surface area contributed by atoms with E-state index in [-0.39, 0.29) is 10.8 Å². The van der Waals surface area contributed by atoms with Crippen molar-refractivity contribution in [1.29, 1.82) is 0 Å². The number of carbonyl (C=O) groups is 1. The lowest BCUT2D eigenvalue weighted by molar-refractivity contribution is -0.122. The lowest BCUT2D eigenvalue weighted by atomic mass is 10.3. The molecule has 124 valence electrons. The molecule has 0 radical (unpaired) electrons. The van der Waals surface area contributed by atoms with Gasteiger partial charge in [0.05, 0.1) is 17.5 Å². The molecule has 0 unspecified atom stereocenters. The van der Waals surface area contributed by atoms with E-state index in [2.05, 4.69) is 10.0 Å². The van der Waals surface area contributed by atoms with Crippen LogP contribution in [0.15, 0.2) is 29.2 Å². The van der Waals surface area contributed by atoms with Crippen LogP contribution < -0.4 is 14.8 Å². The van der Waals surface area contributed by atoms with Crippen LogP contribution in [0.25, 0.3) is 0 Å². The standard InChI is InChI=1S/C15H24N2O4S/c1-4-6-11-16-15(18)12(3)17-22(19,20)14-9-7-13(8-10-14)21-5-2/h7-10,12,17H,4-6,11H2,1-3H3,(H,16,18)/t12-/m0/s1. The van der Waals surface area contributed by atoms with Crippen LogP contribution in [0.2, 0.25) is 0 Å². The molecule has 0 aliphatic heterocycles. The molecule has 0 fully saturated rings. The number of hydrogen-bond acceptors (Lipinski definition) is 4. The number of amides is 1. The first kappa shape index (κ1) is 18.4. The van der Waals surface area contributed by atoms with Gasteiger partial charge in [-0.1, -0.05) is 13.3 Å². The second kappa shape index (κ2) is 8.75. The minimum absolute atomic E-state index is 0.101. The molecule has 0 aliphatic rings. The Kier molecular flexibility index (Phi) is 7.34. The summed E-state index contributed by atoms with van der Waals surface area (Å²) in [4.78, 5) is 11.9. The first-order valence-corrected chi connectivity index (χ1v) is 8.92. The average Bonchev–Trinajstić information content (AvgIpc) is 2.48. The van der Waals surface area contributed by atoms with E-state index < -0.39 is 16.1 Å². The molecule has 0 spiro atoms. The maximum atomic E-state index is 12.2. The maximum Gasteiger partial charge on any atom is 0.241 e. The summed E-state index contributed by atoms with van der Waals surface area (Å²) >= 11 is 0. The minimum atomic E-state index is -3.73. The molecule has 22 heavy (non-hydrogen) atoms. The Morgan fingerprint density at radius 2 is 1.86 bits per heavy atom. The zero-order chi connectivity index (χ0) is 16.6. The quantitative estimate of drug-likeness (QED) is 0.675. The molecule has 7 heteroatoms. The SMILES string of the molecule is CCCCNC(=O)[C@H](C)NS(=O)(=O)c1ccc(OCC)cc1. The fourth-order valence-corrected chi connectivity index (χ4v) is 2.98. The molecular formula is C15H24N2O4S. The Balaban J connectivity index is 2.67. The van der Waals surface area contributed by atoms with E-state index in [9.17, 15) is 13.2 Å². The van der Waals surface area contributed by atoms with Crippen LogP contribution >= 0.6 is 0 Å². The Morgan fingerprint density at radius 3 is 2.41 bits per heavy atom. The molecular weight excluding hydrogens is 304 g/mol. The van der Waals surface area contributed by atoms with Gasteiger partial charge in [0.25, 0.3) is 0 Å². The largest absolute Gasteiger partial charge is 0.494 e. The van der Waals surface area contributed by atoms with Crippen LogP contribution in [0.3, 0.4) is 0 Å². The van der Waals surface area contributed by atoms with Gasteiger partial charge >= 0.3 is 0 Å². The van der Waals surface area contributed by atoms with E-state index >= 15 is 0 Å². The smallest absolute Gasteiger partial charge is 0.241 e. The topological polar surface area (TPSA) is 84.5 Å². The lowest BCUT2D eigenvalue weighted by Gasteiger charge is -2.14. The number of benzene rings is 1. The average molecular weight is 328 g/mol. The van der Waals surface area contributed by atoms with Gasteiger partial charge in [0.15, 0.2) is 0 Å². The Bertz CT molecular complexity index is 570. The van der Waals surface area contributed by atoms with E-state index in [4.69, 9.17) is 4.74 Å². The lowest BCUT2D eigenvalue weighted by Crippen LogP contribution is -2.44. The Labute approximate surface area is 132 Å². The van der Waals surface area contributed by atoms with Gasteiger partial charge in [0.2, 0.25) is 15.9 Å². The van der Waals surface area contributed by atoms with Crippen LogP contribution in [0.4, 0.5) is 0 Å². The molecule has 0 saturated heterocycles. The second-order valence-electron chi connectivity index (χ2n) is 4.89. The maximum absolute atomic E-state index is 12.2. The highest BCUT2D eigenvalue weighted by Gasteiger charge is 2.21. The molecule has 1 aromatic carbocycles. The van der Waals surface area contributed by atoms with Crippen LogP contribution in [0, 0.1) is 0 Å². The monoisotopic (exact) mass is 328 g/mol. The molecule has 0 bridgehead atoms. The van der Waals surface area contributed by atoms with Gasteiger partial charge in [-0.3, -0.25) is 4.79 Å². The normalized spacial score (nSPS) is 12.7. The van der Waals surface area contributed by atoms with Crippen molar-refractivity contribution >= 4 is 15.9 Å². The van der Waals surface area contributed by atoms with Crippen molar-refractivity contribution in [3.63, 3.8) is 0 Å². The number of hydrogen-bond donors (Lipinski definition) is 2. The van der Waals surface area contributed by atoms with E-state index in [1.807, 2.05) is 13.8 Å². The van der Waals surface area contributed by atoms with Crippen molar-refractivity contribution in [1.82, 2.24) is 10.0 Å². The van der Waals surface area contributed by atoms with Gasteiger partial charge in [-0.15, -0.1) is 0 Å². The Morgan fingerprint density at radius 1 is 1.23 bits per heavy atom. The fraction of sp³-hybridized carbons (Fsp3) is 0.533. The third-order valence-corrected chi connectivity index (χ3v) is 4.56. The van der Waals surface area contributed by atoms with Gasteiger partial charge in [0.1, 0.15) is 5.75 Å². The number of rotatable bonds is 9. The zero-order valence-corrected chi connectivity index (χ0v) is 14.1. The highest BCUT2D eigenvalue weighted by atomic mass is 32.2. The second-order valence-corrected chi connectivity index (χ2v) is 6.61. The van der Waals surface area contributed by atoms with Gasteiger partial charge < -0.3 is 10.1 Å². The van der Waals surface area contributed by atoms with Crippen LogP contribution in [0.5, 0.6) is 5.75 Å². The highest BCUT2D eigenvalue weighted by Crippen LogP contribution is 2.16. The third-order valence-electron chi connectivity index (χ3n) is 3.00. The number of sulfonamides is 1. The van der Waals surface area contributed by atoms with Crippen LogP contribution in [0.1, 0.15) is 33.6 Å². The van der Waals surface area contributed by atoms with Crippen molar-refractivity contribution in [2.24, 2.45) is 0 Å². The number of nitrogens with one attached hydrogen (secondary N) is 2. The van der Waals surface area contributed by atoms with Crippen molar-refractivity contribution in [3.05, 3.63) is 24.3 Å². The summed E-state index contributed by atoms with van der Waals surface area (Å²) < 4.78 is 32.1. The van der Waals surface area contributed by atoms with Crippen molar-refractivity contribution < 1.29 is 17.9 Å². The summed E-state index contributed by atoms with van der Waals surface area (Å²) in [5.41, 5.74) is 0. The van der Waals surface area contributed by atoms with Crippen molar-refractivity contribution in [2.45, 2.75) is 44.6 Å². The minimum Gasteiger partial charge on any atom is -0.494 e. The predicted octanol–water partition coefficient (Wildman–Crippen LogP) is 1.67. The molecule has 0 saturated carbocycles. The molecule has 6 nitrogen and oxygen atoms in total. The summed E-state index contributed by atoms with van der Waals surface area (Å²) in [7, 11) is -3.73. The molecule has 0 heterocycles. The number of ether oxygens (including phenoxy) is 1. The zero-order valence-electron chi connectivity index (χ0n) is 13.3. The number of unbranched alkanes of at least 4 members (excludes halogenated alkanes) is 1. The summed E-state index contributed by atoms with van der Waals surface area (Å²) in [5, 5.41) is 2.70. The summed E-state index contributed by atoms with van der Waals surface area (Å²) in [6.07, 6.45) is 1.83. The highest BCUT2D eigenvalue weighted by molar-refractivity contribution is 7.89. The molecule has 0 aromatic heterocycles. The number of carbonyl (C=O) groups excluding carboxylic acids is 1. The molecule has 1 aromatic rings. The van der Waals surface area contributed by atoms with E-state index in [0.29, 0.717) is 18.9 Å². The van der Waals surface area contributed by atoms with Gasteiger partial charge in [-0.05, 0) is 44.5 Å². The third kappa shape index (κ3) is 5.65. The first-order valence-electron chi connectivity index (χ1n) is 7.43. The van der Waals surface area contributed by atoms with Crippen LogP contribution in [-0.4, -0.2) is 33.5 Å². The molecule has 0 aliphatic carbocycles. The fourth-order valence-electron chi connectivity index (χ4n) is 1.78. The predicted molar refractivity (Wildman–Crippen MR) is 85.3 cm³/mol. The van der Waals surface area contributed by atoms with Crippen molar-refractivity contribution in [2.75, 3.05) is 13.2 Å². The van der Waals surface area contributed by atoms with Gasteiger partial charge in [-0.25, -0.2) is 8.42 Å². The molecule has 1 atom stereocenters. The summed E-state index contributed by atoms with van der Waals surface area (Å²) in [5.74, 6) is 0.273. The first-order chi connectivity index (χ1) is 10.4. The molecule has 1 rings (SSSR count). The van der Waals surface area contributed by atoms with Crippen LogP contribution in [-0.2, 0) is 14.8 Å². The molecule has 2 N–H and O–H groups in total. The molecule has 1 amide bonds. The Hall–Kier alpha value is -1.60. The van der Waals surface area contributed by atoms with Gasteiger partial charge in [-0.2, -0.15) is 4.72 Å². The van der Waals surface area contributed by atoms with Crippen molar-refractivity contribution in [3.8, 4) is 5.75 Å².